The van der Waals surface area contributed by atoms with Crippen LogP contribution >= 0.6 is 23.2 Å². The molecule has 0 radical (unpaired) electrons. The fourth-order valence-electron chi connectivity index (χ4n) is 6.53. The molecule has 0 aliphatic rings. The molecule has 0 aliphatic heterocycles. The first-order valence-corrected chi connectivity index (χ1v) is 26.6. The standard InChI is InChI=1S/C36H37Cl2N15O17S4/c37-31-42-33(46-35(44-31)52(5-9-54)6-10-55)40-18-1-3-22(71(59,60)61)20(15-18)48-50-28-24(73(65,66)67)13-17-14-25(74(68,69)70)29(30(58)26(17)27(28)39)51-49-21-16-19(2-4-23(21)72(62,63)64)41-34-43-32(38)45-36(47-34)53(7-11-56)8-12-57/h1-4,13-16,54-58H,5-12,39H2,(H,59,60,61)(H,62,63,64)(H,65,66,67)(H,68,69,70)(H,40,42,44,46)(H,41,43,45,47). The van der Waals surface area contributed by atoms with Crippen LogP contribution < -0.4 is 26.2 Å². The van der Waals surface area contributed by atoms with E-state index in [2.05, 4.69) is 61.0 Å². The molecule has 2 heterocycles. The van der Waals surface area contributed by atoms with Crippen LogP contribution in [0, 0.1) is 0 Å². The maximum absolute atomic E-state index is 12.8. The van der Waals surface area contributed by atoms with Crippen LogP contribution in [0.3, 0.4) is 0 Å². The van der Waals surface area contributed by atoms with Crippen LogP contribution in [0.1, 0.15) is 0 Å². The predicted octanol–water partition coefficient (Wildman–Crippen LogP) is 2.69. The van der Waals surface area contributed by atoms with Crippen molar-refractivity contribution >= 4 is 138 Å². The Morgan fingerprint density at radius 1 is 0.514 bits per heavy atom. The molecule has 38 heteroatoms. The summed E-state index contributed by atoms with van der Waals surface area (Å²) in [5.74, 6) is -2.15. The number of aliphatic hydroxyl groups excluding tert-OH is 4. The Kier molecular flexibility index (Phi) is 17.4. The van der Waals surface area contributed by atoms with Crippen molar-refractivity contribution in [2.75, 3.05) is 78.8 Å². The summed E-state index contributed by atoms with van der Waals surface area (Å²) in [7, 11) is -21.4. The van der Waals surface area contributed by atoms with E-state index >= 15 is 0 Å². The third-order valence-electron chi connectivity index (χ3n) is 9.61. The molecule has 2 aromatic heterocycles. The third kappa shape index (κ3) is 13.5. The Morgan fingerprint density at radius 3 is 1.24 bits per heavy atom. The number of rotatable bonds is 22. The lowest BCUT2D eigenvalue weighted by atomic mass is 10.1. The van der Waals surface area contributed by atoms with Crippen molar-refractivity contribution in [2.45, 2.75) is 19.6 Å². The summed E-state index contributed by atoms with van der Waals surface area (Å²) in [6, 6.07) is 6.56. The van der Waals surface area contributed by atoms with Crippen molar-refractivity contribution in [2.24, 2.45) is 20.5 Å². The van der Waals surface area contributed by atoms with Crippen LogP contribution in [0.4, 0.5) is 63.6 Å². The Balaban J connectivity index is 1.49. The molecule has 0 saturated carbocycles. The molecule has 13 N–H and O–H groups in total. The number of aliphatic hydroxyl groups is 4. The van der Waals surface area contributed by atoms with Gasteiger partial charge in [0.2, 0.25) is 34.4 Å². The Bertz CT molecular complexity index is 3430. The van der Waals surface area contributed by atoms with E-state index in [0.29, 0.717) is 12.1 Å². The molecule has 6 aromatic rings. The van der Waals surface area contributed by atoms with Gasteiger partial charge in [-0.1, -0.05) is 0 Å². The fourth-order valence-corrected chi connectivity index (χ4v) is 9.38. The molecule has 0 saturated heterocycles. The van der Waals surface area contributed by atoms with Gasteiger partial charge in [0, 0.05) is 37.6 Å². The van der Waals surface area contributed by atoms with Gasteiger partial charge in [0.25, 0.3) is 40.5 Å². The number of phenolic OH excluding ortho intramolecular Hbond substituents is 1. The number of azo groups is 2. The molecule has 0 amide bonds. The quantitative estimate of drug-likeness (QED) is 0.0264. The SMILES string of the molecule is Nc1c(N=Nc2cc(Nc3nc(Cl)nc(N(CCO)CCO)n3)ccc2S(=O)(=O)O)c(S(=O)(=O)O)cc2cc(S(=O)(=O)O)c(N=Nc3cc(Nc4nc(Cl)nc(N(CCO)CCO)n4)ccc3S(=O)(=O)O)c(O)c12. The highest BCUT2D eigenvalue weighted by Crippen LogP contribution is 2.49. The number of nitrogens with two attached hydrogens (primary N) is 1. The molecule has 0 unspecified atom stereocenters. The molecule has 0 fully saturated rings. The first-order valence-electron chi connectivity index (χ1n) is 20.1. The highest BCUT2D eigenvalue weighted by atomic mass is 35.5. The van der Waals surface area contributed by atoms with Crippen LogP contribution in [-0.4, -0.2) is 160 Å². The lowest BCUT2D eigenvalue weighted by Gasteiger charge is -2.20. The van der Waals surface area contributed by atoms with Crippen LogP contribution in [0.2, 0.25) is 10.6 Å². The fraction of sp³-hybridized carbons (Fsp3) is 0.222. The first-order chi connectivity index (χ1) is 34.7. The number of nitrogens with zero attached hydrogens (tertiary/aromatic N) is 12. The van der Waals surface area contributed by atoms with Gasteiger partial charge in [0.05, 0.1) is 37.5 Å². The summed E-state index contributed by atoms with van der Waals surface area (Å²) in [6.45, 7) is -1.71. The van der Waals surface area contributed by atoms with Crippen molar-refractivity contribution in [1.82, 2.24) is 29.9 Å². The number of nitrogens with one attached hydrogen (secondary N) is 2. The van der Waals surface area contributed by atoms with Crippen molar-refractivity contribution < 1.29 is 77.4 Å². The van der Waals surface area contributed by atoms with E-state index in [4.69, 9.17) is 28.9 Å². The number of nitrogen functional groups attached to an aromatic ring is 1. The number of aromatic hydroxyl groups is 1. The lowest BCUT2D eigenvalue weighted by molar-refractivity contribution is 0.279. The van der Waals surface area contributed by atoms with Crippen molar-refractivity contribution in [1.29, 1.82) is 0 Å². The minimum atomic E-state index is -5.53. The molecule has 0 bridgehead atoms. The minimum absolute atomic E-state index is 0.0449. The predicted molar refractivity (Wildman–Crippen MR) is 260 cm³/mol. The molecular weight excluding hydrogens is 1110 g/mol. The molecule has 74 heavy (non-hydrogen) atoms. The number of hydrogen-bond acceptors (Lipinski definition) is 28. The maximum Gasteiger partial charge on any atom is 0.296 e. The highest BCUT2D eigenvalue weighted by Gasteiger charge is 2.29. The zero-order valence-corrected chi connectivity index (χ0v) is 41.7. The monoisotopic (exact) mass is 1150 g/mol. The molecule has 0 atom stereocenters. The Morgan fingerprint density at radius 2 is 0.878 bits per heavy atom. The van der Waals surface area contributed by atoms with Crippen molar-refractivity contribution in [3.8, 4) is 5.75 Å². The smallest absolute Gasteiger partial charge is 0.296 e. The van der Waals surface area contributed by atoms with Gasteiger partial charge < -0.3 is 51.7 Å². The largest absolute Gasteiger partial charge is 0.505 e. The van der Waals surface area contributed by atoms with Gasteiger partial charge >= 0.3 is 0 Å². The molecule has 6 rings (SSSR count). The Hall–Kier alpha value is -6.78. The summed E-state index contributed by atoms with van der Waals surface area (Å²) in [5.41, 5.74) is 1.30. The molecule has 0 spiro atoms. The summed E-state index contributed by atoms with van der Waals surface area (Å²) in [5, 5.41) is 67.4. The van der Waals surface area contributed by atoms with Crippen LogP contribution in [0.15, 0.2) is 88.6 Å². The summed E-state index contributed by atoms with van der Waals surface area (Å²) in [6.07, 6.45) is 0. The first kappa shape index (κ1) is 56.5. The van der Waals surface area contributed by atoms with Crippen LogP contribution in [-0.2, 0) is 40.5 Å². The molecule has 396 valence electrons. The van der Waals surface area contributed by atoms with Crippen molar-refractivity contribution in [3.05, 3.63) is 59.1 Å². The van der Waals surface area contributed by atoms with Crippen molar-refractivity contribution in [3.63, 3.8) is 0 Å². The van der Waals surface area contributed by atoms with E-state index in [0.717, 1.165) is 36.4 Å². The number of phenols is 1. The summed E-state index contributed by atoms with van der Waals surface area (Å²) < 4.78 is 142. The van der Waals surface area contributed by atoms with E-state index in [1.165, 1.54) is 9.80 Å². The van der Waals surface area contributed by atoms with E-state index in [9.17, 15) is 77.4 Å². The average molecular weight is 1150 g/mol. The van der Waals surface area contributed by atoms with Gasteiger partial charge in [-0.2, -0.15) is 63.6 Å². The summed E-state index contributed by atoms with van der Waals surface area (Å²) >= 11 is 12.2. The van der Waals surface area contributed by atoms with Crippen LogP contribution in [0.5, 0.6) is 5.75 Å². The zero-order valence-electron chi connectivity index (χ0n) is 36.9. The highest BCUT2D eigenvalue weighted by molar-refractivity contribution is 7.86. The molecule has 0 aliphatic carbocycles. The maximum atomic E-state index is 12.8. The van der Waals surface area contributed by atoms with Gasteiger partial charge in [-0.3, -0.25) is 18.2 Å². The topological polar surface area (TPSA) is 502 Å². The minimum Gasteiger partial charge on any atom is -0.505 e. The molecule has 4 aromatic carbocycles. The number of halogens is 2. The normalized spacial score (nSPS) is 12.5. The lowest BCUT2D eigenvalue weighted by Crippen LogP contribution is -2.31. The van der Waals surface area contributed by atoms with Gasteiger partial charge in [-0.05, 0) is 77.1 Å². The second-order valence-electron chi connectivity index (χ2n) is 14.5. The van der Waals surface area contributed by atoms with E-state index in [-0.39, 0.29) is 98.3 Å². The van der Waals surface area contributed by atoms with Gasteiger partial charge in [0.15, 0.2) is 5.75 Å². The van der Waals surface area contributed by atoms with E-state index in [1.807, 2.05) is 0 Å². The van der Waals surface area contributed by atoms with Crippen LogP contribution in [0.25, 0.3) is 10.8 Å². The van der Waals surface area contributed by atoms with E-state index in [1.54, 1.807) is 0 Å². The number of benzene rings is 4. The number of anilines is 7. The second kappa shape index (κ2) is 22.8. The molecule has 32 nitrogen and oxygen atoms in total. The Labute approximate surface area is 427 Å². The number of aromatic nitrogens is 6. The zero-order chi connectivity index (χ0) is 54.5. The summed E-state index contributed by atoms with van der Waals surface area (Å²) in [4.78, 5) is 22.2. The van der Waals surface area contributed by atoms with Gasteiger partial charge in [-0.15, -0.1) is 20.5 Å². The number of fused-ring (bicyclic) bond motifs is 1. The second-order valence-corrected chi connectivity index (χ2v) is 20.8. The van der Waals surface area contributed by atoms with Gasteiger partial charge in [-0.25, -0.2) is 0 Å². The average Bonchev–Trinajstić information content (AvgIpc) is 3.29. The molecular formula is C36H37Cl2N15O17S4. The van der Waals surface area contributed by atoms with E-state index < -0.39 is 105 Å². The number of hydrogen-bond donors (Lipinski definition) is 12. The third-order valence-corrected chi connectivity index (χ3v) is 13.5. The van der Waals surface area contributed by atoms with Gasteiger partial charge in [0.1, 0.15) is 42.3 Å².